The summed E-state index contributed by atoms with van der Waals surface area (Å²) < 4.78 is 5.75. The Bertz CT molecular complexity index is 933. The summed E-state index contributed by atoms with van der Waals surface area (Å²) in [6.45, 7) is 4.25. The number of carbonyl (C=O) groups is 2. The Morgan fingerprint density at radius 1 is 1.07 bits per heavy atom. The molecule has 1 aromatic heterocycles. The summed E-state index contributed by atoms with van der Waals surface area (Å²) in [6.07, 6.45) is 7.91. The SMILES string of the molecule is O=C(c1ccc2nccnc2c1)N1CCC2(CC1)CC(CN1CCCC1)OC2=O. The van der Waals surface area contributed by atoms with Gasteiger partial charge < -0.3 is 9.64 Å². The maximum absolute atomic E-state index is 13.0. The third-order valence-electron chi connectivity index (χ3n) is 6.71. The molecule has 0 N–H and O–H groups in total. The second kappa shape index (κ2) is 7.37. The van der Waals surface area contributed by atoms with Crippen LogP contribution in [0.25, 0.3) is 11.0 Å². The lowest BCUT2D eigenvalue weighted by Crippen LogP contribution is -2.45. The molecule has 1 unspecified atom stereocenters. The van der Waals surface area contributed by atoms with E-state index in [1.807, 2.05) is 11.0 Å². The Morgan fingerprint density at radius 2 is 1.79 bits per heavy atom. The first-order chi connectivity index (χ1) is 14.1. The molecule has 7 heteroatoms. The molecule has 0 saturated carbocycles. The molecular weight excluding hydrogens is 368 g/mol. The molecule has 0 radical (unpaired) electrons. The smallest absolute Gasteiger partial charge is 0.312 e. The maximum Gasteiger partial charge on any atom is 0.312 e. The van der Waals surface area contributed by atoms with Crippen molar-refractivity contribution in [3.63, 3.8) is 0 Å². The Labute approximate surface area is 170 Å². The van der Waals surface area contributed by atoms with Crippen molar-refractivity contribution in [1.82, 2.24) is 19.8 Å². The van der Waals surface area contributed by atoms with Crippen molar-refractivity contribution in [3.8, 4) is 0 Å². The number of piperidine rings is 1. The second-order valence-corrected chi connectivity index (χ2v) is 8.57. The van der Waals surface area contributed by atoms with Gasteiger partial charge >= 0.3 is 5.97 Å². The van der Waals surface area contributed by atoms with E-state index in [-0.39, 0.29) is 18.0 Å². The zero-order chi connectivity index (χ0) is 19.8. The van der Waals surface area contributed by atoms with E-state index in [9.17, 15) is 9.59 Å². The minimum Gasteiger partial charge on any atom is -0.461 e. The number of amides is 1. The van der Waals surface area contributed by atoms with Crippen LogP contribution in [0.15, 0.2) is 30.6 Å². The lowest BCUT2D eigenvalue weighted by atomic mass is 9.76. The van der Waals surface area contributed by atoms with E-state index in [0.717, 1.165) is 37.1 Å². The van der Waals surface area contributed by atoms with Crippen LogP contribution in [0.4, 0.5) is 0 Å². The van der Waals surface area contributed by atoms with Crippen LogP contribution in [-0.4, -0.2) is 70.5 Å². The van der Waals surface area contributed by atoms with Crippen LogP contribution in [0, 0.1) is 5.41 Å². The molecule has 1 amide bonds. The summed E-state index contributed by atoms with van der Waals surface area (Å²) in [7, 11) is 0. The topological polar surface area (TPSA) is 75.6 Å². The van der Waals surface area contributed by atoms with Crippen molar-refractivity contribution >= 4 is 22.9 Å². The zero-order valence-electron chi connectivity index (χ0n) is 16.5. The number of hydrogen-bond acceptors (Lipinski definition) is 6. The first-order valence-corrected chi connectivity index (χ1v) is 10.6. The molecule has 1 atom stereocenters. The van der Waals surface area contributed by atoms with Crippen LogP contribution in [0.2, 0.25) is 0 Å². The van der Waals surface area contributed by atoms with Crippen LogP contribution >= 0.6 is 0 Å². The van der Waals surface area contributed by atoms with Crippen molar-refractivity contribution in [2.75, 3.05) is 32.7 Å². The Balaban J connectivity index is 1.23. The van der Waals surface area contributed by atoms with Gasteiger partial charge in [-0.3, -0.25) is 24.5 Å². The van der Waals surface area contributed by atoms with Crippen molar-refractivity contribution in [2.45, 2.75) is 38.2 Å². The molecule has 3 fully saturated rings. The largest absolute Gasteiger partial charge is 0.461 e. The summed E-state index contributed by atoms with van der Waals surface area (Å²) in [4.78, 5) is 38.4. The molecular formula is C22H26N4O3. The standard InChI is InChI=1S/C22H26N4O3/c27-20(16-3-4-18-19(13-16)24-8-7-23-18)26-11-5-22(6-12-26)14-17(29-21(22)28)15-25-9-1-2-10-25/h3-4,7-8,13,17H,1-2,5-6,9-12,14-15H2. The number of nitrogens with zero attached hydrogens (tertiary/aromatic N) is 4. The summed E-state index contributed by atoms with van der Waals surface area (Å²) >= 11 is 0. The number of aromatic nitrogens is 2. The van der Waals surface area contributed by atoms with E-state index in [0.29, 0.717) is 31.5 Å². The fraction of sp³-hybridized carbons (Fsp3) is 0.545. The van der Waals surface area contributed by atoms with Gasteiger partial charge in [0.1, 0.15) is 6.10 Å². The quantitative estimate of drug-likeness (QED) is 0.744. The Hall–Kier alpha value is -2.54. The molecule has 4 heterocycles. The summed E-state index contributed by atoms with van der Waals surface area (Å²) in [6, 6.07) is 5.43. The highest BCUT2D eigenvalue weighted by Gasteiger charge is 2.51. The van der Waals surface area contributed by atoms with Crippen molar-refractivity contribution in [1.29, 1.82) is 0 Å². The molecule has 2 aromatic rings. The van der Waals surface area contributed by atoms with Crippen molar-refractivity contribution in [3.05, 3.63) is 36.2 Å². The van der Waals surface area contributed by atoms with E-state index in [1.54, 1.807) is 24.5 Å². The first-order valence-electron chi connectivity index (χ1n) is 10.6. The molecule has 3 aliphatic rings. The van der Waals surface area contributed by atoms with Gasteiger partial charge in [0.05, 0.1) is 16.4 Å². The van der Waals surface area contributed by atoms with Gasteiger partial charge in [0.15, 0.2) is 0 Å². The van der Waals surface area contributed by atoms with Crippen LogP contribution in [0.1, 0.15) is 42.5 Å². The Kier molecular flexibility index (Phi) is 4.70. The zero-order valence-corrected chi connectivity index (χ0v) is 16.5. The molecule has 1 aromatic carbocycles. The van der Waals surface area contributed by atoms with Crippen LogP contribution in [-0.2, 0) is 9.53 Å². The summed E-state index contributed by atoms with van der Waals surface area (Å²) in [5.74, 6) is -0.0674. The average Bonchev–Trinajstić information content (AvgIpc) is 3.36. The highest BCUT2D eigenvalue weighted by atomic mass is 16.6. The van der Waals surface area contributed by atoms with E-state index < -0.39 is 5.41 Å². The van der Waals surface area contributed by atoms with Gasteiger partial charge in [0.25, 0.3) is 5.91 Å². The fourth-order valence-corrected chi connectivity index (χ4v) is 5.02. The maximum atomic E-state index is 13.0. The number of fused-ring (bicyclic) bond motifs is 1. The van der Waals surface area contributed by atoms with Crippen LogP contribution in [0.3, 0.4) is 0 Å². The molecule has 1 spiro atoms. The van der Waals surface area contributed by atoms with Gasteiger partial charge in [-0.15, -0.1) is 0 Å². The molecule has 3 saturated heterocycles. The molecule has 29 heavy (non-hydrogen) atoms. The van der Waals surface area contributed by atoms with E-state index in [1.165, 1.54) is 12.8 Å². The number of cyclic esters (lactones) is 1. The fourth-order valence-electron chi connectivity index (χ4n) is 5.02. The predicted octanol–water partition coefficient (Wildman–Crippen LogP) is 2.26. The van der Waals surface area contributed by atoms with Gasteiger partial charge in [-0.2, -0.15) is 0 Å². The highest BCUT2D eigenvalue weighted by molar-refractivity contribution is 5.97. The third-order valence-corrected chi connectivity index (χ3v) is 6.71. The van der Waals surface area contributed by atoms with Gasteiger partial charge in [-0.25, -0.2) is 0 Å². The van der Waals surface area contributed by atoms with Crippen LogP contribution in [0.5, 0.6) is 0 Å². The van der Waals surface area contributed by atoms with E-state index in [2.05, 4.69) is 14.9 Å². The minimum atomic E-state index is -0.407. The second-order valence-electron chi connectivity index (χ2n) is 8.57. The highest BCUT2D eigenvalue weighted by Crippen LogP contribution is 2.43. The first kappa shape index (κ1) is 18.5. The average molecular weight is 394 g/mol. The molecule has 0 bridgehead atoms. The van der Waals surface area contributed by atoms with Gasteiger partial charge in [-0.05, 0) is 57.0 Å². The number of esters is 1. The molecule has 3 aliphatic heterocycles. The lowest BCUT2D eigenvalue weighted by Gasteiger charge is -2.36. The van der Waals surface area contributed by atoms with Crippen molar-refractivity contribution < 1.29 is 14.3 Å². The monoisotopic (exact) mass is 394 g/mol. The number of likely N-dealkylation sites (tertiary alicyclic amines) is 2. The predicted molar refractivity (Wildman–Crippen MR) is 107 cm³/mol. The molecule has 7 nitrogen and oxygen atoms in total. The van der Waals surface area contributed by atoms with E-state index >= 15 is 0 Å². The van der Waals surface area contributed by atoms with Crippen molar-refractivity contribution in [2.24, 2.45) is 5.41 Å². The number of carbonyl (C=O) groups excluding carboxylic acids is 2. The molecule has 152 valence electrons. The number of benzene rings is 1. The van der Waals surface area contributed by atoms with Gasteiger partial charge in [0.2, 0.25) is 0 Å². The number of ether oxygens (including phenoxy) is 1. The molecule has 5 rings (SSSR count). The third kappa shape index (κ3) is 3.48. The van der Waals surface area contributed by atoms with Gasteiger partial charge in [-0.1, -0.05) is 0 Å². The summed E-state index contributed by atoms with van der Waals surface area (Å²) in [5, 5.41) is 0. The Morgan fingerprint density at radius 3 is 2.55 bits per heavy atom. The van der Waals surface area contributed by atoms with E-state index in [4.69, 9.17) is 4.74 Å². The van der Waals surface area contributed by atoms with Crippen LogP contribution < -0.4 is 0 Å². The normalized spacial score (nSPS) is 24.3. The summed E-state index contributed by atoms with van der Waals surface area (Å²) in [5.41, 5.74) is 1.71. The number of hydrogen-bond donors (Lipinski definition) is 0. The minimum absolute atomic E-state index is 0.00177. The lowest BCUT2D eigenvalue weighted by molar-refractivity contribution is -0.150. The number of rotatable bonds is 3. The van der Waals surface area contributed by atoms with Gasteiger partial charge in [0, 0.05) is 44.0 Å². The molecule has 0 aliphatic carbocycles.